The minimum absolute atomic E-state index is 0.588. The predicted molar refractivity (Wildman–Crippen MR) is 68.6 cm³/mol. The second-order valence-electron chi connectivity index (χ2n) is 4.30. The average Bonchev–Trinajstić information content (AvgIpc) is 2.30. The van der Waals surface area contributed by atoms with Gasteiger partial charge in [-0.3, -0.25) is 4.90 Å². The molecule has 1 aliphatic heterocycles. The smallest absolute Gasteiger partial charge is 0.133 e. The van der Waals surface area contributed by atoms with Gasteiger partial charge in [-0.2, -0.15) is 0 Å². The highest BCUT2D eigenvalue weighted by molar-refractivity contribution is 9.10. The number of carbonyl (C=O) groups excluding carboxylic acids is 1. The topological polar surface area (TPSA) is 20.3 Å². The van der Waals surface area contributed by atoms with E-state index in [1.165, 1.54) is 5.56 Å². The summed E-state index contributed by atoms with van der Waals surface area (Å²) in [6.45, 7) is 2.66. The fourth-order valence-corrected chi connectivity index (χ4v) is 2.73. The Bertz CT molecular complexity index is 359. The molecule has 1 aromatic rings. The van der Waals surface area contributed by atoms with Crippen LogP contribution in [0.4, 0.5) is 0 Å². The maximum atomic E-state index is 10.4. The first-order valence-electron chi connectivity index (χ1n) is 5.71. The molecule has 0 atom stereocenters. The Hall–Kier alpha value is -0.670. The number of benzene rings is 1. The molecule has 0 spiro atoms. The van der Waals surface area contributed by atoms with Crippen LogP contribution in [0.2, 0.25) is 0 Å². The lowest BCUT2D eigenvalue weighted by atomic mass is 9.89. The number of piperidine rings is 1. The zero-order valence-electron chi connectivity index (χ0n) is 9.23. The number of hydrogen-bond donors (Lipinski definition) is 0. The van der Waals surface area contributed by atoms with E-state index in [4.69, 9.17) is 0 Å². The van der Waals surface area contributed by atoms with Gasteiger partial charge in [-0.1, -0.05) is 28.1 Å². The van der Waals surface area contributed by atoms with Gasteiger partial charge in [0.2, 0.25) is 0 Å². The molecular formula is C13H16BrNO. The molecule has 0 aromatic heterocycles. The quantitative estimate of drug-likeness (QED) is 0.795. The van der Waals surface area contributed by atoms with Crippen LogP contribution in [0.25, 0.3) is 0 Å². The van der Waals surface area contributed by atoms with Crippen LogP contribution in [0.5, 0.6) is 0 Å². The number of rotatable bonds is 3. The van der Waals surface area contributed by atoms with Gasteiger partial charge in [-0.05, 0) is 49.5 Å². The molecule has 0 amide bonds. The van der Waals surface area contributed by atoms with Gasteiger partial charge in [-0.25, -0.2) is 0 Å². The van der Waals surface area contributed by atoms with Crippen LogP contribution in [-0.2, 0) is 4.79 Å². The van der Waals surface area contributed by atoms with Crippen LogP contribution in [0.15, 0.2) is 28.7 Å². The van der Waals surface area contributed by atoms with Gasteiger partial charge in [0.15, 0.2) is 0 Å². The van der Waals surface area contributed by atoms with Crippen molar-refractivity contribution in [2.24, 2.45) is 0 Å². The summed E-state index contributed by atoms with van der Waals surface area (Å²) in [6.07, 6.45) is 3.31. The molecule has 0 aliphatic carbocycles. The van der Waals surface area contributed by atoms with Crippen LogP contribution < -0.4 is 0 Å². The summed E-state index contributed by atoms with van der Waals surface area (Å²) in [6, 6.07) is 8.56. The molecule has 1 fully saturated rings. The fourth-order valence-electron chi connectivity index (χ4n) is 2.31. The number of likely N-dealkylation sites (tertiary alicyclic amines) is 1. The summed E-state index contributed by atoms with van der Waals surface area (Å²) >= 11 is 3.51. The first-order valence-corrected chi connectivity index (χ1v) is 6.50. The van der Waals surface area contributed by atoms with Crippen molar-refractivity contribution in [3.8, 4) is 0 Å². The minimum atomic E-state index is 0.588. The summed E-state index contributed by atoms with van der Waals surface area (Å²) in [5.74, 6) is 0.653. The zero-order valence-corrected chi connectivity index (χ0v) is 10.8. The molecule has 1 saturated heterocycles. The van der Waals surface area contributed by atoms with Gasteiger partial charge in [0.1, 0.15) is 6.29 Å². The highest BCUT2D eigenvalue weighted by Crippen LogP contribution is 2.29. The van der Waals surface area contributed by atoms with Crippen molar-refractivity contribution < 1.29 is 4.79 Å². The number of aldehydes is 1. The van der Waals surface area contributed by atoms with Crippen LogP contribution >= 0.6 is 15.9 Å². The number of nitrogens with zero attached hydrogens (tertiary/aromatic N) is 1. The first kappa shape index (κ1) is 11.8. The summed E-state index contributed by atoms with van der Waals surface area (Å²) < 4.78 is 1.15. The fraction of sp³-hybridized carbons (Fsp3) is 0.462. The third kappa shape index (κ3) is 2.92. The summed E-state index contributed by atoms with van der Waals surface area (Å²) in [4.78, 5) is 12.6. The second-order valence-corrected chi connectivity index (χ2v) is 5.21. The van der Waals surface area contributed by atoms with E-state index in [1.54, 1.807) is 0 Å². The van der Waals surface area contributed by atoms with Crippen LogP contribution in [0, 0.1) is 0 Å². The van der Waals surface area contributed by atoms with E-state index in [-0.39, 0.29) is 0 Å². The highest BCUT2D eigenvalue weighted by atomic mass is 79.9. The van der Waals surface area contributed by atoms with E-state index in [0.29, 0.717) is 12.5 Å². The molecule has 16 heavy (non-hydrogen) atoms. The SMILES string of the molecule is O=CCN1CCC(c2cccc(Br)c2)CC1. The summed E-state index contributed by atoms with van der Waals surface area (Å²) in [7, 11) is 0. The molecule has 0 unspecified atom stereocenters. The van der Waals surface area contributed by atoms with Crippen LogP contribution in [0.3, 0.4) is 0 Å². The lowest BCUT2D eigenvalue weighted by molar-refractivity contribution is -0.109. The molecule has 3 heteroatoms. The molecule has 1 heterocycles. The monoisotopic (exact) mass is 281 g/mol. The van der Waals surface area contributed by atoms with E-state index in [2.05, 4.69) is 45.1 Å². The predicted octanol–water partition coefficient (Wildman–Crippen LogP) is 2.83. The normalized spacial score (nSPS) is 18.6. The van der Waals surface area contributed by atoms with Gasteiger partial charge >= 0.3 is 0 Å². The second kappa shape index (κ2) is 5.60. The molecule has 0 N–H and O–H groups in total. The van der Waals surface area contributed by atoms with Crippen molar-refractivity contribution in [3.63, 3.8) is 0 Å². The van der Waals surface area contributed by atoms with Crippen molar-refractivity contribution in [1.82, 2.24) is 4.90 Å². The molecular weight excluding hydrogens is 266 g/mol. The van der Waals surface area contributed by atoms with Gasteiger partial charge in [-0.15, -0.1) is 0 Å². The van der Waals surface area contributed by atoms with E-state index < -0.39 is 0 Å². The molecule has 0 saturated carbocycles. The number of halogens is 1. The van der Waals surface area contributed by atoms with E-state index in [0.717, 1.165) is 36.7 Å². The maximum absolute atomic E-state index is 10.4. The summed E-state index contributed by atoms with van der Waals surface area (Å²) in [5, 5.41) is 0. The lowest BCUT2D eigenvalue weighted by Crippen LogP contribution is -2.34. The third-order valence-corrected chi connectivity index (χ3v) is 3.73. The van der Waals surface area contributed by atoms with Crippen molar-refractivity contribution in [3.05, 3.63) is 34.3 Å². The van der Waals surface area contributed by atoms with Gasteiger partial charge in [0.25, 0.3) is 0 Å². The Labute approximate surface area is 105 Å². The average molecular weight is 282 g/mol. The minimum Gasteiger partial charge on any atom is -0.302 e. The number of carbonyl (C=O) groups is 1. The third-order valence-electron chi connectivity index (χ3n) is 3.24. The zero-order chi connectivity index (χ0) is 11.4. The Kier molecular flexibility index (Phi) is 4.13. The van der Waals surface area contributed by atoms with Crippen LogP contribution in [-0.4, -0.2) is 30.8 Å². The van der Waals surface area contributed by atoms with Crippen molar-refractivity contribution in [2.45, 2.75) is 18.8 Å². The lowest BCUT2D eigenvalue weighted by Gasteiger charge is -2.30. The largest absolute Gasteiger partial charge is 0.302 e. The van der Waals surface area contributed by atoms with Gasteiger partial charge < -0.3 is 4.79 Å². The molecule has 86 valence electrons. The van der Waals surface area contributed by atoms with Crippen molar-refractivity contribution in [2.75, 3.05) is 19.6 Å². The Morgan fingerprint density at radius 1 is 1.38 bits per heavy atom. The molecule has 2 nitrogen and oxygen atoms in total. The first-order chi connectivity index (χ1) is 7.79. The van der Waals surface area contributed by atoms with E-state index in [9.17, 15) is 4.79 Å². The molecule has 1 aliphatic rings. The molecule has 0 bridgehead atoms. The molecule has 1 aromatic carbocycles. The van der Waals surface area contributed by atoms with Crippen molar-refractivity contribution >= 4 is 22.2 Å². The van der Waals surface area contributed by atoms with Crippen LogP contribution in [0.1, 0.15) is 24.3 Å². The standard InChI is InChI=1S/C13H16BrNO/c14-13-3-1-2-12(10-13)11-4-6-15(7-5-11)8-9-16/h1-3,9-11H,4-8H2. The van der Waals surface area contributed by atoms with Gasteiger partial charge in [0, 0.05) is 4.47 Å². The highest BCUT2D eigenvalue weighted by Gasteiger charge is 2.19. The Morgan fingerprint density at radius 2 is 2.12 bits per heavy atom. The Balaban J connectivity index is 1.96. The number of hydrogen-bond acceptors (Lipinski definition) is 2. The molecule has 0 radical (unpaired) electrons. The van der Waals surface area contributed by atoms with Gasteiger partial charge in [0.05, 0.1) is 6.54 Å². The van der Waals surface area contributed by atoms with Crippen molar-refractivity contribution in [1.29, 1.82) is 0 Å². The Morgan fingerprint density at radius 3 is 2.75 bits per heavy atom. The van der Waals surface area contributed by atoms with E-state index in [1.807, 2.05) is 0 Å². The van der Waals surface area contributed by atoms with E-state index >= 15 is 0 Å². The summed E-state index contributed by atoms with van der Waals surface area (Å²) in [5.41, 5.74) is 1.42. The molecule has 2 rings (SSSR count). The maximum Gasteiger partial charge on any atom is 0.133 e.